The molecule has 0 spiro atoms. The molecule has 2 atom stereocenters. The lowest BCUT2D eigenvalue weighted by Crippen LogP contribution is -2.54. The van der Waals surface area contributed by atoms with E-state index in [4.69, 9.17) is 0 Å². The smallest absolute Gasteiger partial charge is 0.200 e. The number of hydrogen-bond donors (Lipinski definition) is 0. The Balaban J connectivity index is 2.36. The molecule has 0 N–H and O–H groups in total. The van der Waals surface area contributed by atoms with Gasteiger partial charge in [0, 0.05) is 13.2 Å². The Kier molecular flexibility index (Phi) is 3.57. The van der Waals surface area contributed by atoms with Crippen molar-refractivity contribution in [2.24, 2.45) is 13.0 Å². The molecule has 0 saturated heterocycles. The van der Waals surface area contributed by atoms with Gasteiger partial charge in [0.15, 0.2) is 0 Å². The maximum Gasteiger partial charge on any atom is 0.200 e. The topological polar surface area (TPSA) is 38.1 Å². The van der Waals surface area contributed by atoms with Crippen LogP contribution in [-0.2, 0) is 7.05 Å². The number of likely N-dealkylation sites (N-methyl/N-ethyl adjacent to an activating group) is 1. The summed E-state index contributed by atoms with van der Waals surface area (Å²) in [6.07, 6.45) is 5.96. The van der Waals surface area contributed by atoms with E-state index in [1.165, 1.54) is 6.42 Å². The van der Waals surface area contributed by atoms with Crippen LogP contribution in [0.3, 0.4) is 0 Å². The number of carbonyl (C=O) groups is 1. The molecule has 4 nitrogen and oxygen atoms in total. The highest BCUT2D eigenvalue weighted by molar-refractivity contribution is 6.02. The molecular formula is C14H23N3O. The Morgan fingerprint density at radius 1 is 1.56 bits per heavy atom. The lowest BCUT2D eigenvalue weighted by Gasteiger charge is -2.43. The Labute approximate surface area is 109 Å². The van der Waals surface area contributed by atoms with E-state index in [0.717, 1.165) is 25.0 Å². The number of ketones is 1. The Hall–Kier alpha value is -1.16. The number of Topliss-reactive ketones (excluding diaryl/α,β-unsaturated/α-hetero) is 1. The van der Waals surface area contributed by atoms with Gasteiger partial charge in [0.1, 0.15) is 5.69 Å². The molecule has 100 valence electrons. The van der Waals surface area contributed by atoms with Crippen molar-refractivity contribution in [1.29, 1.82) is 0 Å². The average Bonchev–Trinajstić information content (AvgIpc) is 2.74. The summed E-state index contributed by atoms with van der Waals surface area (Å²) in [5.74, 6) is 0.831. The monoisotopic (exact) mass is 249 g/mol. The van der Waals surface area contributed by atoms with Crippen LogP contribution in [0.25, 0.3) is 0 Å². The Morgan fingerprint density at radius 3 is 2.78 bits per heavy atom. The average molecular weight is 249 g/mol. The lowest BCUT2D eigenvalue weighted by molar-refractivity contribution is 0.0476. The summed E-state index contributed by atoms with van der Waals surface area (Å²) >= 11 is 0. The summed E-state index contributed by atoms with van der Waals surface area (Å²) in [4.78, 5) is 15.0. The van der Waals surface area contributed by atoms with Crippen LogP contribution in [0, 0.1) is 5.92 Å². The van der Waals surface area contributed by atoms with E-state index >= 15 is 0 Å². The van der Waals surface area contributed by atoms with Gasteiger partial charge >= 0.3 is 0 Å². The van der Waals surface area contributed by atoms with Crippen LogP contribution < -0.4 is 0 Å². The number of hydrogen-bond acceptors (Lipinski definition) is 3. The predicted octanol–water partition coefficient (Wildman–Crippen LogP) is 2.11. The van der Waals surface area contributed by atoms with E-state index in [-0.39, 0.29) is 11.3 Å². The minimum absolute atomic E-state index is 0.221. The summed E-state index contributed by atoms with van der Waals surface area (Å²) in [5.41, 5.74) is 0.378. The molecule has 1 saturated carbocycles. The third-order valence-corrected chi connectivity index (χ3v) is 4.31. The first-order valence-electron chi connectivity index (χ1n) is 6.67. The highest BCUT2D eigenvalue weighted by Crippen LogP contribution is 2.37. The van der Waals surface area contributed by atoms with Crippen molar-refractivity contribution >= 4 is 5.78 Å². The van der Waals surface area contributed by atoms with Crippen molar-refractivity contribution < 1.29 is 4.79 Å². The SMILES string of the molecule is CC1CCCC(C(=O)c2ccnn2C)(N(C)C)C1. The zero-order valence-corrected chi connectivity index (χ0v) is 11.8. The molecular weight excluding hydrogens is 226 g/mol. The van der Waals surface area contributed by atoms with Crippen molar-refractivity contribution in [2.45, 2.75) is 38.1 Å². The third-order valence-electron chi connectivity index (χ3n) is 4.31. The second-order valence-corrected chi connectivity index (χ2v) is 5.80. The molecule has 0 aliphatic heterocycles. The lowest BCUT2D eigenvalue weighted by atomic mass is 9.72. The van der Waals surface area contributed by atoms with Crippen LogP contribution in [0.5, 0.6) is 0 Å². The molecule has 0 radical (unpaired) electrons. The van der Waals surface area contributed by atoms with Crippen molar-refractivity contribution in [1.82, 2.24) is 14.7 Å². The number of rotatable bonds is 3. The Bertz CT molecular complexity index is 438. The largest absolute Gasteiger partial charge is 0.297 e. The first kappa shape index (κ1) is 13.3. The number of carbonyl (C=O) groups excluding carboxylic acids is 1. The van der Waals surface area contributed by atoms with Gasteiger partial charge in [0.2, 0.25) is 5.78 Å². The van der Waals surface area contributed by atoms with Crippen molar-refractivity contribution in [3.63, 3.8) is 0 Å². The van der Waals surface area contributed by atoms with Crippen molar-refractivity contribution in [2.75, 3.05) is 14.1 Å². The fourth-order valence-corrected chi connectivity index (χ4v) is 3.17. The van der Waals surface area contributed by atoms with Gasteiger partial charge in [-0.05, 0) is 38.9 Å². The molecule has 1 aliphatic rings. The standard InChI is InChI=1S/C14H23N3O/c1-11-6-5-8-14(10-11,16(2)3)13(18)12-7-9-15-17(12)4/h7,9,11H,5-6,8,10H2,1-4H3. The van der Waals surface area contributed by atoms with Crippen LogP contribution in [0.2, 0.25) is 0 Å². The maximum absolute atomic E-state index is 12.9. The molecule has 2 unspecified atom stereocenters. The van der Waals surface area contributed by atoms with Gasteiger partial charge in [-0.25, -0.2) is 0 Å². The van der Waals surface area contributed by atoms with Crippen LogP contribution in [0.1, 0.15) is 43.1 Å². The summed E-state index contributed by atoms with van der Waals surface area (Å²) in [5, 5.41) is 4.12. The van der Waals surface area contributed by atoms with E-state index in [2.05, 4.69) is 16.9 Å². The minimum Gasteiger partial charge on any atom is -0.297 e. The fraction of sp³-hybridized carbons (Fsp3) is 0.714. The van der Waals surface area contributed by atoms with Crippen molar-refractivity contribution in [3.8, 4) is 0 Å². The van der Waals surface area contributed by atoms with E-state index in [9.17, 15) is 4.79 Å². The summed E-state index contributed by atoms with van der Waals surface area (Å²) in [6.45, 7) is 2.24. The van der Waals surface area contributed by atoms with Gasteiger partial charge in [0.25, 0.3) is 0 Å². The van der Waals surface area contributed by atoms with E-state index in [1.54, 1.807) is 10.9 Å². The zero-order chi connectivity index (χ0) is 13.3. The fourth-order valence-electron chi connectivity index (χ4n) is 3.17. The second kappa shape index (κ2) is 4.84. The molecule has 0 amide bonds. The predicted molar refractivity (Wildman–Crippen MR) is 71.6 cm³/mol. The molecule has 0 aromatic carbocycles. The molecule has 2 rings (SSSR count). The van der Waals surface area contributed by atoms with E-state index < -0.39 is 0 Å². The summed E-state index contributed by atoms with van der Waals surface area (Å²) < 4.78 is 1.69. The quantitative estimate of drug-likeness (QED) is 0.770. The molecule has 1 fully saturated rings. The van der Waals surface area contributed by atoms with Crippen LogP contribution in [-0.4, -0.2) is 40.1 Å². The van der Waals surface area contributed by atoms with Crippen molar-refractivity contribution in [3.05, 3.63) is 18.0 Å². The van der Waals surface area contributed by atoms with Gasteiger partial charge < -0.3 is 0 Å². The maximum atomic E-state index is 12.9. The summed E-state index contributed by atoms with van der Waals surface area (Å²) in [7, 11) is 5.88. The van der Waals surface area contributed by atoms with Crippen LogP contribution in [0.15, 0.2) is 12.3 Å². The first-order valence-corrected chi connectivity index (χ1v) is 6.67. The molecule has 1 heterocycles. The first-order chi connectivity index (χ1) is 8.47. The highest BCUT2D eigenvalue weighted by atomic mass is 16.1. The summed E-state index contributed by atoms with van der Waals surface area (Å²) in [6, 6.07) is 1.83. The second-order valence-electron chi connectivity index (χ2n) is 5.80. The number of aromatic nitrogens is 2. The van der Waals surface area contributed by atoms with Gasteiger partial charge in [0.05, 0.1) is 5.54 Å². The van der Waals surface area contributed by atoms with E-state index in [1.807, 2.05) is 27.2 Å². The third kappa shape index (κ3) is 2.09. The van der Waals surface area contributed by atoms with Crippen LogP contribution in [0.4, 0.5) is 0 Å². The molecule has 1 aliphatic carbocycles. The van der Waals surface area contributed by atoms with Gasteiger partial charge in [-0.1, -0.05) is 19.8 Å². The highest BCUT2D eigenvalue weighted by Gasteiger charge is 2.44. The van der Waals surface area contributed by atoms with Gasteiger partial charge in [-0.3, -0.25) is 14.4 Å². The molecule has 0 bridgehead atoms. The number of nitrogens with zero attached hydrogens (tertiary/aromatic N) is 3. The zero-order valence-electron chi connectivity index (χ0n) is 11.8. The Morgan fingerprint density at radius 2 is 2.28 bits per heavy atom. The molecule has 1 aromatic rings. The molecule has 4 heteroatoms. The number of aryl methyl sites for hydroxylation is 1. The minimum atomic E-state index is -0.342. The molecule has 1 aromatic heterocycles. The van der Waals surface area contributed by atoms with Gasteiger partial charge in [-0.2, -0.15) is 5.10 Å². The van der Waals surface area contributed by atoms with E-state index in [0.29, 0.717) is 5.92 Å². The van der Waals surface area contributed by atoms with Gasteiger partial charge in [-0.15, -0.1) is 0 Å². The normalized spacial score (nSPS) is 28.6. The van der Waals surface area contributed by atoms with Crippen LogP contribution >= 0.6 is 0 Å². The molecule has 18 heavy (non-hydrogen) atoms.